The molecule has 4 heterocycles. The van der Waals surface area contributed by atoms with E-state index in [9.17, 15) is 4.79 Å². The summed E-state index contributed by atoms with van der Waals surface area (Å²) in [5, 5.41) is 0. The van der Waals surface area contributed by atoms with Gasteiger partial charge in [-0.25, -0.2) is 4.98 Å². The summed E-state index contributed by atoms with van der Waals surface area (Å²) < 4.78 is 0. The Labute approximate surface area is 162 Å². The van der Waals surface area contributed by atoms with Crippen molar-refractivity contribution >= 4 is 11.7 Å². The third-order valence-corrected chi connectivity index (χ3v) is 7.24. The lowest BCUT2D eigenvalue weighted by Crippen LogP contribution is -2.50. The fraction of sp³-hybridized carbons (Fsp3) is 0.727. The van der Waals surface area contributed by atoms with E-state index in [1.807, 2.05) is 0 Å². The number of rotatable bonds is 3. The monoisotopic (exact) mass is 368 g/mol. The van der Waals surface area contributed by atoms with Crippen LogP contribution in [0.4, 0.5) is 5.82 Å². The third-order valence-electron chi connectivity index (χ3n) is 7.24. The van der Waals surface area contributed by atoms with Crippen molar-refractivity contribution in [2.75, 3.05) is 37.6 Å². The predicted octanol–water partition coefficient (Wildman–Crippen LogP) is 2.83. The molecule has 146 valence electrons. The number of fused-ring (bicyclic) bond motifs is 2. The summed E-state index contributed by atoms with van der Waals surface area (Å²) in [6.07, 6.45) is 9.45. The van der Waals surface area contributed by atoms with Gasteiger partial charge in [-0.15, -0.1) is 0 Å². The molecular formula is C22H32N4O. The standard InChI is InChI=1S/C22H32N4O/c27-22(14-17-4-1-2-5-17)26-11-9-20-18(15-26)7-8-21(23-20)25-13-12-24-10-3-6-19(24)16-25/h7-8,17,19H,1-6,9-16H2/t19-/m1/s1. The minimum absolute atomic E-state index is 0.356. The summed E-state index contributed by atoms with van der Waals surface area (Å²) in [6.45, 7) is 6.26. The second kappa shape index (κ2) is 7.42. The van der Waals surface area contributed by atoms with E-state index in [-0.39, 0.29) is 0 Å². The Morgan fingerprint density at radius 1 is 1.04 bits per heavy atom. The number of anilines is 1. The fourth-order valence-electron chi connectivity index (χ4n) is 5.58. The zero-order chi connectivity index (χ0) is 18.2. The maximum absolute atomic E-state index is 12.7. The van der Waals surface area contributed by atoms with Crippen LogP contribution >= 0.6 is 0 Å². The van der Waals surface area contributed by atoms with Crippen LogP contribution in [0.25, 0.3) is 0 Å². The number of nitrogens with zero attached hydrogens (tertiary/aromatic N) is 4. The smallest absolute Gasteiger partial charge is 0.223 e. The summed E-state index contributed by atoms with van der Waals surface area (Å²) in [7, 11) is 0. The van der Waals surface area contributed by atoms with E-state index in [0.29, 0.717) is 11.8 Å². The molecule has 1 aromatic heterocycles. The van der Waals surface area contributed by atoms with Crippen LogP contribution in [0.15, 0.2) is 12.1 Å². The summed E-state index contributed by atoms with van der Waals surface area (Å²) in [5.41, 5.74) is 2.47. The van der Waals surface area contributed by atoms with Gasteiger partial charge < -0.3 is 9.80 Å². The molecule has 1 saturated carbocycles. The lowest BCUT2D eigenvalue weighted by atomic mass is 10.0. The summed E-state index contributed by atoms with van der Waals surface area (Å²) in [4.78, 5) is 24.9. The number of pyridine rings is 1. The molecule has 3 aliphatic heterocycles. The normalized spacial score (nSPS) is 26.3. The molecule has 1 amide bonds. The number of hydrogen-bond donors (Lipinski definition) is 0. The van der Waals surface area contributed by atoms with Crippen molar-refractivity contribution in [3.8, 4) is 0 Å². The average molecular weight is 369 g/mol. The van der Waals surface area contributed by atoms with Gasteiger partial charge >= 0.3 is 0 Å². The van der Waals surface area contributed by atoms with Gasteiger partial charge in [-0.1, -0.05) is 18.9 Å². The number of amides is 1. The first-order valence-corrected chi connectivity index (χ1v) is 11.0. The first kappa shape index (κ1) is 17.5. The van der Waals surface area contributed by atoms with Gasteiger partial charge in [0, 0.05) is 57.3 Å². The second-order valence-electron chi connectivity index (χ2n) is 8.97. The highest BCUT2D eigenvalue weighted by Gasteiger charge is 2.31. The summed E-state index contributed by atoms with van der Waals surface area (Å²) >= 11 is 0. The number of carbonyl (C=O) groups is 1. The molecule has 0 radical (unpaired) electrons. The first-order chi connectivity index (χ1) is 13.3. The molecule has 5 heteroatoms. The fourth-order valence-corrected chi connectivity index (χ4v) is 5.58. The molecular weight excluding hydrogens is 336 g/mol. The van der Waals surface area contributed by atoms with Gasteiger partial charge in [0.15, 0.2) is 0 Å². The Morgan fingerprint density at radius 3 is 2.81 bits per heavy atom. The zero-order valence-corrected chi connectivity index (χ0v) is 16.4. The van der Waals surface area contributed by atoms with Crippen LogP contribution in [0, 0.1) is 5.92 Å². The molecule has 5 rings (SSSR count). The molecule has 4 aliphatic rings. The third kappa shape index (κ3) is 3.58. The minimum Gasteiger partial charge on any atom is -0.354 e. The molecule has 0 N–H and O–H groups in total. The number of aromatic nitrogens is 1. The lowest BCUT2D eigenvalue weighted by molar-refractivity contribution is -0.133. The van der Waals surface area contributed by atoms with Crippen LogP contribution in [0.5, 0.6) is 0 Å². The molecule has 5 nitrogen and oxygen atoms in total. The summed E-state index contributed by atoms with van der Waals surface area (Å²) in [6, 6.07) is 5.14. The van der Waals surface area contributed by atoms with Crippen molar-refractivity contribution in [2.45, 2.75) is 64.0 Å². The molecule has 1 atom stereocenters. The van der Waals surface area contributed by atoms with Crippen LogP contribution in [0.3, 0.4) is 0 Å². The van der Waals surface area contributed by atoms with Crippen LogP contribution in [-0.2, 0) is 17.8 Å². The number of hydrogen-bond acceptors (Lipinski definition) is 4. The van der Waals surface area contributed by atoms with E-state index in [4.69, 9.17) is 4.98 Å². The van der Waals surface area contributed by atoms with Crippen LogP contribution in [-0.4, -0.2) is 59.5 Å². The molecule has 3 fully saturated rings. The Bertz CT molecular complexity index is 700. The molecule has 27 heavy (non-hydrogen) atoms. The molecule has 1 aromatic rings. The first-order valence-electron chi connectivity index (χ1n) is 11.0. The largest absolute Gasteiger partial charge is 0.354 e. The van der Waals surface area contributed by atoms with E-state index in [0.717, 1.165) is 50.9 Å². The highest BCUT2D eigenvalue weighted by molar-refractivity contribution is 5.76. The highest BCUT2D eigenvalue weighted by atomic mass is 16.2. The van der Waals surface area contributed by atoms with Gasteiger partial charge in [0.1, 0.15) is 5.82 Å². The van der Waals surface area contributed by atoms with Gasteiger partial charge in [0.25, 0.3) is 0 Å². The van der Waals surface area contributed by atoms with E-state index in [1.165, 1.54) is 62.9 Å². The van der Waals surface area contributed by atoms with Crippen molar-refractivity contribution in [1.82, 2.24) is 14.8 Å². The molecule has 0 bridgehead atoms. The molecule has 0 aromatic carbocycles. The van der Waals surface area contributed by atoms with Crippen molar-refractivity contribution in [3.05, 3.63) is 23.4 Å². The SMILES string of the molecule is O=C(CC1CCCC1)N1CCc2nc(N3CCN4CCC[C@@H]4C3)ccc2C1. The number of piperazine rings is 1. The molecule has 0 unspecified atom stereocenters. The predicted molar refractivity (Wildman–Crippen MR) is 107 cm³/mol. The Kier molecular flexibility index (Phi) is 4.80. The van der Waals surface area contributed by atoms with Crippen LogP contribution in [0.1, 0.15) is 56.2 Å². The Hall–Kier alpha value is -1.62. The molecule has 0 spiro atoms. The minimum atomic E-state index is 0.356. The maximum Gasteiger partial charge on any atom is 0.223 e. The van der Waals surface area contributed by atoms with E-state index >= 15 is 0 Å². The maximum atomic E-state index is 12.7. The van der Waals surface area contributed by atoms with E-state index in [2.05, 4.69) is 26.8 Å². The second-order valence-corrected chi connectivity index (χ2v) is 8.97. The van der Waals surface area contributed by atoms with Gasteiger partial charge in [0.2, 0.25) is 5.91 Å². The number of carbonyl (C=O) groups excluding carboxylic acids is 1. The van der Waals surface area contributed by atoms with Gasteiger partial charge in [-0.2, -0.15) is 0 Å². The van der Waals surface area contributed by atoms with Crippen molar-refractivity contribution < 1.29 is 4.79 Å². The van der Waals surface area contributed by atoms with E-state index < -0.39 is 0 Å². The lowest BCUT2D eigenvalue weighted by Gasteiger charge is -2.38. The molecule has 1 aliphatic carbocycles. The molecule has 2 saturated heterocycles. The van der Waals surface area contributed by atoms with Crippen molar-refractivity contribution in [2.24, 2.45) is 5.92 Å². The highest BCUT2D eigenvalue weighted by Crippen LogP contribution is 2.30. The van der Waals surface area contributed by atoms with Crippen molar-refractivity contribution in [1.29, 1.82) is 0 Å². The van der Waals surface area contributed by atoms with Gasteiger partial charge in [-0.05, 0) is 49.8 Å². The zero-order valence-electron chi connectivity index (χ0n) is 16.4. The quantitative estimate of drug-likeness (QED) is 0.823. The topological polar surface area (TPSA) is 39.7 Å². The van der Waals surface area contributed by atoms with Crippen LogP contribution < -0.4 is 4.90 Å². The Balaban J connectivity index is 1.23. The average Bonchev–Trinajstić information content (AvgIpc) is 3.38. The Morgan fingerprint density at radius 2 is 1.93 bits per heavy atom. The van der Waals surface area contributed by atoms with Crippen LogP contribution in [0.2, 0.25) is 0 Å². The van der Waals surface area contributed by atoms with Gasteiger partial charge in [-0.3, -0.25) is 9.69 Å². The summed E-state index contributed by atoms with van der Waals surface area (Å²) in [5.74, 6) is 2.13. The van der Waals surface area contributed by atoms with Gasteiger partial charge in [0.05, 0.1) is 0 Å². The van der Waals surface area contributed by atoms with Crippen molar-refractivity contribution in [3.63, 3.8) is 0 Å². The van der Waals surface area contributed by atoms with E-state index in [1.54, 1.807) is 0 Å².